The van der Waals surface area contributed by atoms with Crippen LogP contribution in [0.25, 0.3) is 0 Å². The molecule has 0 N–H and O–H groups in total. The van der Waals surface area contributed by atoms with Gasteiger partial charge in [0.05, 0.1) is 0 Å². The molecule has 0 heterocycles. The third kappa shape index (κ3) is 9.84. The average molecular weight is 327 g/mol. The van der Waals surface area contributed by atoms with E-state index in [4.69, 9.17) is 4.43 Å². The third-order valence-corrected chi connectivity index (χ3v) is 9.63. The average Bonchev–Trinajstić information content (AvgIpc) is 2.38. The quantitative estimate of drug-likeness (QED) is 0.217. The predicted octanol–water partition coefficient (Wildman–Crippen LogP) is 7.48. The van der Waals surface area contributed by atoms with Crippen molar-refractivity contribution in [2.45, 2.75) is 117 Å². The van der Waals surface area contributed by atoms with Gasteiger partial charge >= 0.3 is 0 Å². The van der Waals surface area contributed by atoms with E-state index in [1.165, 1.54) is 44.9 Å². The highest BCUT2D eigenvalue weighted by Crippen LogP contribution is 2.37. The van der Waals surface area contributed by atoms with Crippen LogP contribution in [0.1, 0.15) is 92.9 Å². The largest absolute Gasteiger partial charge is 0.414 e. The molecular formula is C20H42OSi. The summed E-state index contributed by atoms with van der Waals surface area (Å²) in [5.74, 6) is 0. The Labute approximate surface area is 142 Å². The Balaban J connectivity index is 3.98. The van der Waals surface area contributed by atoms with Crippen LogP contribution in [-0.2, 0) is 4.43 Å². The zero-order chi connectivity index (χ0) is 17.2. The highest BCUT2D eigenvalue weighted by Gasteiger charge is 2.38. The Morgan fingerprint density at radius 1 is 1.05 bits per heavy atom. The van der Waals surface area contributed by atoms with E-state index in [1.54, 1.807) is 5.57 Å². The lowest BCUT2D eigenvalue weighted by Gasteiger charge is -2.38. The lowest BCUT2D eigenvalue weighted by atomic mass is 10.0. The van der Waals surface area contributed by atoms with Gasteiger partial charge in [0, 0.05) is 6.10 Å². The summed E-state index contributed by atoms with van der Waals surface area (Å²) < 4.78 is 6.42. The lowest BCUT2D eigenvalue weighted by molar-refractivity contribution is 0.202. The van der Waals surface area contributed by atoms with Crippen molar-refractivity contribution in [1.82, 2.24) is 0 Å². The van der Waals surface area contributed by atoms with E-state index in [1.807, 2.05) is 0 Å². The fourth-order valence-corrected chi connectivity index (χ4v) is 3.84. The summed E-state index contributed by atoms with van der Waals surface area (Å²) in [5, 5.41) is 0.304. The molecule has 0 aromatic heterocycles. The topological polar surface area (TPSA) is 9.23 Å². The highest BCUT2D eigenvalue weighted by molar-refractivity contribution is 6.74. The van der Waals surface area contributed by atoms with Crippen molar-refractivity contribution < 1.29 is 4.43 Å². The molecule has 1 nitrogen and oxygen atoms in total. The Morgan fingerprint density at radius 3 is 2.14 bits per heavy atom. The van der Waals surface area contributed by atoms with Crippen LogP contribution >= 0.6 is 0 Å². The first-order valence-electron chi connectivity index (χ1n) is 9.43. The molecule has 2 heteroatoms. The molecule has 0 aliphatic carbocycles. The van der Waals surface area contributed by atoms with Gasteiger partial charge < -0.3 is 4.43 Å². The van der Waals surface area contributed by atoms with Gasteiger partial charge in [0.2, 0.25) is 0 Å². The first kappa shape index (κ1) is 21.9. The molecule has 0 rings (SSSR count). The van der Waals surface area contributed by atoms with Gasteiger partial charge in [-0.25, -0.2) is 0 Å². The minimum atomic E-state index is -1.61. The van der Waals surface area contributed by atoms with Crippen molar-refractivity contribution in [3.8, 4) is 0 Å². The van der Waals surface area contributed by atoms with Crippen molar-refractivity contribution in [3.63, 3.8) is 0 Å². The summed E-state index contributed by atoms with van der Waals surface area (Å²) in [5.41, 5.74) is 1.54. The van der Waals surface area contributed by atoms with Gasteiger partial charge in [-0.15, -0.1) is 0 Å². The van der Waals surface area contributed by atoms with Crippen LogP contribution in [0, 0.1) is 0 Å². The maximum atomic E-state index is 6.42. The van der Waals surface area contributed by atoms with Crippen molar-refractivity contribution >= 4 is 8.32 Å². The van der Waals surface area contributed by atoms with Gasteiger partial charge in [-0.3, -0.25) is 0 Å². The van der Waals surface area contributed by atoms with Crippen LogP contribution in [0.4, 0.5) is 0 Å². The number of rotatable bonds is 11. The maximum absolute atomic E-state index is 6.42. The summed E-state index contributed by atoms with van der Waals surface area (Å²) in [4.78, 5) is 0. The van der Waals surface area contributed by atoms with Gasteiger partial charge in [-0.1, -0.05) is 71.4 Å². The lowest BCUT2D eigenvalue weighted by Crippen LogP contribution is -2.43. The summed E-state index contributed by atoms with van der Waals surface area (Å²) in [6.07, 6.45) is 13.4. The van der Waals surface area contributed by atoms with Crippen molar-refractivity contribution in [2.24, 2.45) is 0 Å². The van der Waals surface area contributed by atoms with Crippen LogP contribution < -0.4 is 0 Å². The van der Waals surface area contributed by atoms with Crippen LogP contribution in [0.15, 0.2) is 11.6 Å². The molecule has 0 aliphatic rings. The monoisotopic (exact) mass is 326 g/mol. The molecular weight excluding hydrogens is 284 g/mol. The molecule has 1 unspecified atom stereocenters. The minimum Gasteiger partial charge on any atom is -0.414 e. The van der Waals surface area contributed by atoms with Crippen LogP contribution in [0.5, 0.6) is 0 Å². The molecule has 0 fully saturated rings. The molecule has 132 valence electrons. The number of hydrogen-bond acceptors (Lipinski definition) is 1. The van der Waals surface area contributed by atoms with E-state index >= 15 is 0 Å². The van der Waals surface area contributed by atoms with Crippen LogP contribution in [-0.4, -0.2) is 14.4 Å². The van der Waals surface area contributed by atoms with Crippen molar-refractivity contribution in [3.05, 3.63) is 11.6 Å². The Kier molecular flexibility index (Phi) is 10.6. The zero-order valence-electron chi connectivity index (χ0n) is 16.7. The van der Waals surface area contributed by atoms with Crippen molar-refractivity contribution in [1.29, 1.82) is 0 Å². The second kappa shape index (κ2) is 10.6. The van der Waals surface area contributed by atoms with Gasteiger partial charge in [0.15, 0.2) is 8.32 Å². The van der Waals surface area contributed by atoms with Gasteiger partial charge in [0.25, 0.3) is 0 Å². The van der Waals surface area contributed by atoms with Gasteiger partial charge in [-0.2, -0.15) is 0 Å². The first-order valence-corrected chi connectivity index (χ1v) is 12.3. The van der Waals surface area contributed by atoms with Crippen LogP contribution in [0.3, 0.4) is 0 Å². The minimum absolute atomic E-state index is 0.304. The van der Waals surface area contributed by atoms with E-state index in [0.29, 0.717) is 11.1 Å². The van der Waals surface area contributed by atoms with E-state index in [2.05, 4.69) is 60.7 Å². The first-order chi connectivity index (χ1) is 10.1. The summed E-state index contributed by atoms with van der Waals surface area (Å²) in [6, 6.07) is 0. The molecule has 0 aliphatic heterocycles. The summed E-state index contributed by atoms with van der Waals surface area (Å²) in [7, 11) is -1.61. The van der Waals surface area contributed by atoms with E-state index < -0.39 is 8.32 Å². The molecule has 0 bridgehead atoms. The molecule has 22 heavy (non-hydrogen) atoms. The third-order valence-electron chi connectivity index (χ3n) is 5.02. The maximum Gasteiger partial charge on any atom is 0.192 e. The van der Waals surface area contributed by atoms with Gasteiger partial charge in [0.1, 0.15) is 0 Å². The smallest absolute Gasteiger partial charge is 0.192 e. The standard InChI is InChI=1S/C20H42OSi/c1-9-10-11-12-13-14-15-18(2)16-17-19(3)21-22(7,8)20(4,5)6/h16,19H,9-15,17H2,1-8H3/b18-16-. The number of allylic oxidation sites excluding steroid dienone is 1. The van der Waals surface area contributed by atoms with Crippen LogP contribution in [0.2, 0.25) is 18.1 Å². The Bertz CT molecular complexity index is 312. The summed E-state index contributed by atoms with van der Waals surface area (Å²) >= 11 is 0. The Hall–Kier alpha value is -0.0831. The molecule has 0 radical (unpaired) electrons. The number of hydrogen-bond donors (Lipinski definition) is 0. The fraction of sp³-hybridized carbons (Fsp3) is 0.900. The summed E-state index contributed by atoms with van der Waals surface area (Å²) in [6.45, 7) is 18.4. The normalized spacial score (nSPS) is 15.2. The SMILES string of the molecule is CCCCCCCC/C(C)=C\CC(C)O[Si](C)(C)C(C)(C)C. The van der Waals surface area contributed by atoms with Gasteiger partial charge in [-0.05, 0) is 51.2 Å². The fourth-order valence-electron chi connectivity index (χ4n) is 2.38. The second-order valence-corrected chi connectivity index (χ2v) is 13.2. The molecule has 0 aromatic rings. The number of unbranched alkanes of at least 4 members (excludes halogenated alkanes) is 5. The highest BCUT2D eigenvalue weighted by atomic mass is 28.4. The molecule has 0 aromatic carbocycles. The molecule has 0 saturated heterocycles. The van der Waals surface area contributed by atoms with E-state index in [9.17, 15) is 0 Å². The van der Waals surface area contributed by atoms with E-state index in [-0.39, 0.29) is 0 Å². The molecule has 0 saturated carbocycles. The Morgan fingerprint density at radius 2 is 1.59 bits per heavy atom. The molecule has 0 spiro atoms. The second-order valence-electron chi connectivity index (χ2n) is 8.49. The van der Waals surface area contributed by atoms with E-state index in [0.717, 1.165) is 6.42 Å². The molecule has 0 amide bonds. The van der Waals surface area contributed by atoms with Crippen molar-refractivity contribution in [2.75, 3.05) is 0 Å². The molecule has 1 atom stereocenters. The predicted molar refractivity (Wildman–Crippen MR) is 104 cm³/mol. The zero-order valence-corrected chi connectivity index (χ0v) is 17.7.